The van der Waals surface area contributed by atoms with Crippen LogP contribution >= 0.6 is 0 Å². The minimum atomic E-state index is -0.0416. The third kappa shape index (κ3) is 1.90. The Morgan fingerprint density at radius 1 is 1.33 bits per heavy atom. The summed E-state index contributed by atoms with van der Waals surface area (Å²) in [6.07, 6.45) is 4.32. The SMILES string of the molecule is Cc1ccc(CC2(C#N)CCC2)c(C)c1. The Bertz CT molecular complexity index is 408. The van der Waals surface area contributed by atoms with Crippen LogP contribution in [-0.2, 0) is 6.42 Å². The molecule has 0 N–H and O–H groups in total. The highest BCUT2D eigenvalue weighted by Crippen LogP contribution is 2.43. The van der Waals surface area contributed by atoms with Gasteiger partial charge in [0.25, 0.3) is 0 Å². The number of aryl methyl sites for hydroxylation is 2. The molecule has 1 fully saturated rings. The summed E-state index contributed by atoms with van der Waals surface area (Å²) in [7, 11) is 0. The summed E-state index contributed by atoms with van der Waals surface area (Å²) in [5.41, 5.74) is 3.94. The molecule has 1 aliphatic carbocycles. The summed E-state index contributed by atoms with van der Waals surface area (Å²) < 4.78 is 0. The molecule has 78 valence electrons. The topological polar surface area (TPSA) is 23.8 Å². The number of nitriles is 1. The highest BCUT2D eigenvalue weighted by atomic mass is 14.4. The van der Waals surface area contributed by atoms with Crippen LogP contribution in [0.2, 0.25) is 0 Å². The Morgan fingerprint density at radius 2 is 2.07 bits per heavy atom. The fourth-order valence-corrected chi connectivity index (χ4v) is 2.34. The fourth-order valence-electron chi connectivity index (χ4n) is 2.34. The zero-order chi connectivity index (χ0) is 10.9. The summed E-state index contributed by atoms with van der Waals surface area (Å²) in [4.78, 5) is 0. The van der Waals surface area contributed by atoms with E-state index in [1.807, 2.05) is 0 Å². The fraction of sp³-hybridized carbons (Fsp3) is 0.500. The van der Waals surface area contributed by atoms with Gasteiger partial charge in [-0.1, -0.05) is 30.2 Å². The Labute approximate surface area is 91.7 Å². The van der Waals surface area contributed by atoms with Crippen molar-refractivity contribution in [1.82, 2.24) is 0 Å². The summed E-state index contributed by atoms with van der Waals surface area (Å²) in [5.74, 6) is 0. The van der Waals surface area contributed by atoms with Crippen molar-refractivity contribution in [2.24, 2.45) is 5.41 Å². The molecule has 0 saturated heterocycles. The van der Waals surface area contributed by atoms with E-state index < -0.39 is 0 Å². The lowest BCUT2D eigenvalue weighted by Gasteiger charge is -2.35. The van der Waals surface area contributed by atoms with Gasteiger partial charge in [-0.3, -0.25) is 0 Å². The number of hydrogen-bond donors (Lipinski definition) is 0. The van der Waals surface area contributed by atoms with Crippen molar-refractivity contribution in [3.05, 3.63) is 34.9 Å². The van der Waals surface area contributed by atoms with E-state index in [1.165, 1.54) is 23.1 Å². The van der Waals surface area contributed by atoms with Crippen LogP contribution in [0.25, 0.3) is 0 Å². The van der Waals surface area contributed by atoms with Crippen LogP contribution in [0.1, 0.15) is 36.0 Å². The highest BCUT2D eigenvalue weighted by molar-refractivity contribution is 5.32. The van der Waals surface area contributed by atoms with E-state index in [9.17, 15) is 5.26 Å². The van der Waals surface area contributed by atoms with Crippen LogP contribution in [0.15, 0.2) is 18.2 Å². The van der Waals surface area contributed by atoms with Gasteiger partial charge in [0.15, 0.2) is 0 Å². The molecule has 0 spiro atoms. The van der Waals surface area contributed by atoms with Crippen LogP contribution in [0.3, 0.4) is 0 Å². The largest absolute Gasteiger partial charge is 0.198 e. The van der Waals surface area contributed by atoms with Gasteiger partial charge in [-0.15, -0.1) is 0 Å². The van der Waals surface area contributed by atoms with Gasteiger partial charge in [-0.25, -0.2) is 0 Å². The van der Waals surface area contributed by atoms with Crippen LogP contribution in [0, 0.1) is 30.6 Å². The lowest BCUT2D eigenvalue weighted by Crippen LogP contribution is -2.30. The maximum absolute atomic E-state index is 9.19. The second-order valence-electron chi connectivity index (χ2n) is 4.85. The Kier molecular flexibility index (Phi) is 2.52. The number of rotatable bonds is 2. The summed E-state index contributed by atoms with van der Waals surface area (Å²) in [6, 6.07) is 9.04. The zero-order valence-corrected chi connectivity index (χ0v) is 9.51. The number of nitrogens with zero attached hydrogens (tertiary/aromatic N) is 1. The van der Waals surface area contributed by atoms with Crippen LogP contribution in [-0.4, -0.2) is 0 Å². The lowest BCUT2D eigenvalue weighted by molar-refractivity contribution is 0.214. The maximum atomic E-state index is 9.19. The van der Waals surface area contributed by atoms with Gasteiger partial charge >= 0.3 is 0 Å². The standard InChI is InChI=1S/C14H17N/c1-11-4-5-13(12(2)8-11)9-14(10-15)6-3-7-14/h4-5,8H,3,6-7,9H2,1-2H3. The highest BCUT2D eigenvalue weighted by Gasteiger charge is 2.37. The smallest absolute Gasteiger partial charge is 0.0693 e. The first-order chi connectivity index (χ1) is 7.15. The normalized spacial score (nSPS) is 17.9. The number of hydrogen-bond acceptors (Lipinski definition) is 1. The van der Waals surface area contributed by atoms with Crippen molar-refractivity contribution in [3.8, 4) is 6.07 Å². The van der Waals surface area contributed by atoms with E-state index in [1.54, 1.807) is 0 Å². The third-order valence-electron chi connectivity index (χ3n) is 3.57. The molecule has 0 amide bonds. The van der Waals surface area contributed by atoms with Crippen molar-refractivity contribution in [1.29, 1.82) is 5.26 Å². The average molecular weight is 199 g/mol. The van der Waals surface area contributed by atoms with Crippen LogP contribution in [0.5, 0.6) is 0 Å². The molecule has 0 aliphatic heterocycles. The van der Waals surface area contributed by atoms with Crippen LogP contribution in [0.4, 0.5) is 0 Å². The molecular weight excluding hydrogens is 182 g/mol. The summed E-state index contributed by atoms with van der Waals surface area (Å²) in [6.45, 7) is 4.26. The van der Waals surface area contributed by atoms with Gasteiger partial charge in [0, 0.05) is 0 Å². The van der Waals surface area contributed by atoms with Crippen molar-refractivity contribution >= 4 is 0 Å². The quantitative estimate of drug-likeness (QED) is 0.714. The number of benzene rings is 1. The van der Waals surface area contributed by atoms with Gasteiger partial charge in [0.1, 0.15) is 0 Å². The first-order valence-electron chi connectivity index (χ1n) is 5.63. The van der Waals surface area contributed by atoms with E-state index in [-0.39, 0.29) is 5.41 Å². The Hall–Kier alpha value is -1.29. The molecule has 0 unspecified atom stereocenters. The Balaban J connectivity index is 2.21. The molecule has 0 aromatic heterocycles. The molecule has 0 heterocycles. The van der Waals surface area contributed by atoms with E-state index in [0.29, 0.717) is 0 Å². The molecule has 2 rings (SSSR count). The van der Waals surface area contributed by atoms with Gasteiger partial charge in [0.2, 0.25) is 0 Å². The second kappa shape index (κ2) is 3.70. The first-order valence-corrected chi connectivity index (χ1v) is 5.63. The third-order valence-corrected chi connectivity index (χ3v) is 3.57. The molecule has 1 aromatic rings. The Morgan fingerprint density at radius 3 is 2.53 bits per heavy atom. The monoisotopic (exact) mass is 199 g/mol. The van der Waals surface area contributed by atoms with Crippen molar-refractivity contribution in [2.45, 2.75) is 39.5 Å². The summed E-state index contributed by atoms with van der Waals surface area (Å²) >= 11 is 0. The molecule has 15 heavy (non-hydrogen) atoms. The van der Waals surface area contributed by atoms with E-state index in [4.69, 9.17) is 0 Å². The van der Waals surface area contributed by atoms with Crippen molar-refractivity contribution < 1.29 is 0 Å². The van der Waals surface area contributed by atoms with Gasteiger partial charge in [-0.2, -0.15) is 5.26 Å². The zero-order valence-electron chi connectivity index (χ0n) is 9.51. The van der Waals surface area contributed by atoms with E-state index in [0.717, 1.165) is 19.3 Å². The summed E-state index contributed by atoms with van der Waals surface area (Å²) in [5, 5.41) is 9.19. The van der Waals surface area contributed by atoms with E-state index in [2.05, 4.69) is 38.1 Å². The average Bonchev–Trinajstić information content (AvgIpc) is 2.14. The predicted octanol–water partition coefficient (Wildman–Crippen LogP) is 3.54. The van der Waals surface area contributed by atoms with Gasteiger partial charge in [-0.05, 0) is 44.2 Å². The van der Waals surface area contributed by atoms with Crippen molar-refractivity contribution in [2.75, 3.05) is 0 Å². The van der Waals surface area contributed by atoms with E-state index >= 15 is 0 Å². The lowest BCUT2D eigenvalue weighted by atomic mass is 9.66. The first kappa shape index (κ1) is 10.2. The minimum absolute atomic E-state index is 0.0416. The second-order valence-corrected chi connectivity index (χ2v) is 4.85. The molecule has 1 aliphatic rings. The minimum Gasteiger partial charge on any atom is -0.198 e. The molecule has 1 nitrogen and oxygen atoms in total. The molecule has 0 atom stereocenters. The molecule has 1 heteroatoms. The van der Waals surface area contributed by atoms with Crippen molar-refractivity contribution in [3.63, 3.8) is 0 Å². The molecule has 0 radical (unpaired) electrons. The van der Waals surface area contributed by atoms with Gasteiger partial charge in [0.05, 0.1) is 11.5 Å². The molecular formula is C14H17N. The maximum Gasteiger partial charge on any atom is 0.0693 e. The van der Waals surface area contributed by atoms with Gasteiger partial charge < -0.3 is 0 Å². The molecule has 1 aromatic carbocycles. The van der Waals surface area contributed by atoms with Crippen LogP contribution < -0.4 is 0 Å². The predicted molar refractivity (Wildman–Crippen MR) is 61.5 cm³/mol. The molecule has 0 bridgehead atoms. The molecule has 1 saturated carbocycles.